The molecule has 4 nitrogen and oxygen atoms in total. The van der Waals surface area contributed by atoms with E-state index < -0.39 is 17.3 Å². The molecular formula is C16H13Cl2NO3S. The minimum absolute atomic E-state index is 0.351. The molecule has 1 aliphatic heterocycles. The van der Waals surface area contributed by atoms with Crippen molar-refractivity contribution in [1.82, 2.24) is 0 Å². The Kier molecular flexibility index (Phi) is 4.73. The Morgan fingerprint density at radius 3 is 2.48 bits per heavy atom. The number of carbonyl (C=O) groups is 1. The van der Waals surface area contributed by atoms with Crippen LogP contribution in [0, 0.1) is 0 Å². The van der Waals surface area contributed by atoms with Crippen molar-refractivity contribution >= 4 is 46.6 Å². The van der Waals surface area contributed by atoms with Crippen LogP contribution >= 0.6 is 35.0 Å². The zero-order valence-electron chi connectivity index (χ0n) is 12.0. The minimum atomic E-state index is -1.20. The van der Waals surface area contributed by atoms with E-state index in [1.54, 1.807) is 31.4 Å². The number of methoxy groups -OCH3 is 1. The summed E-state index contributed by atoms with van der Waals surface area (Å²) in [5.74, 6) is 0.233. The second-order valence-corrected chi connectivity index (χ2v) is 7.01. The molecule has 0 saturated carbocycles. The lowest BCUT2D eigenvalue weighted by molar-refractivity contribution is -0.124. The molecule has 7 heteroatoms. The highest BCUT2D eigenvalue weighted by atomic mass is 35.5. The van der Waals surface area contributed by atoms with Gasteiger partial charge in [0.05, 0.1) is 28.1 Å². The molecule has 0 aromatic heterocycles. The fourth-order valence-electron chi connectivity index (χ4n) is 2.31. The highest BCUT2D eigenvalue weighted by molar-refractivity contribution is 7.99. The van der Waals surface area contributed by atoms with Crippen molar-refractivity contribution in [2.45, 2.75) is 16.2 Å². The molecule has 0 spiro atoms. The van der Waals surface area contributed by atoms with Gasteiger partial charge in [-0.2, -0.15) is 0 Å². The molecule has 1 aliphatic rings. The van der Waals surface area contributed by atoms with Crippen molar-refractivity contribution in [2.75, 3.05) is 12.4 Å². The Bertz CT molecular complexity index is 752. The van der Waals surface area contributed by atoms with Crippen LogP contribution in [0.2, 0.25) is 10.0 Å². The first-order chi connectivity index (χ1) is 11.0. The molecule has 2 N–H and O–H groups in total. The van der Waals surface area contributed by atoms with Crippen molar-refractivity contribution in [3.63, 3.8) is 0 Å². The molecule has 0 bridgehead atoms. The van der Waals surface area contributed by atoms with E-state index in [2.05, 4.69) is 5.32 Å². The van der Waals surface area contributed by atoms with Gasteiger partial charge in [0.2, 0.25) is 0 Å². The van der Waals surface area contributed by atoms with Gasteiger partial charge in [0.25, 0.3) is 5.91 Å². The molecule has 0 fully saturated rings. The zero-order valence-corrected chi connectivity index (χ0v) is 14.4. The maximum Gasteiger partial charge on any atom is 0.254 e. The Morgan fingerprint density at radius 1 is 1.17 bits per heavy atom. The molecule has 1 amide bonds. The molecule has 2 aromatic rings. The van der Waals surface area contributed by atoms with Gasteiger partial charge in [-0.25, -0.2) is 0 Å². The lowest BCUT2D eigenvalue weighted by Crippen LogP contribution is -2.30. The number of aliphatic hydroxyl groups is 1. The first kappa shape index (κ1) is 16.5. The van der Waals surface area contributed by atoms with Gasteiger partial charge < -0.3 is 15.2 Å². The summed E-state index contributed by atoms with van der Waals surface area (Å²) in [5, 5.41) is 13.4. The van der Waals surface area contributed by atoms with Crippen molar-refractivity contribution in [3.8, 4) is 5.75 Å². The number of nitrogens with one attached hydrogen (secondary N) is 1. The largest absolute Gasteiger partial charge is 0.497 e. The number of carbonyl (C=O) groups excluding carboxylic acids is 1. The number of rotatable bonds is 2. The third-order valence-electron chi connectivity index (χ3n) is 3.53. The van der Waals surface area contributed by atoms with Gasteiger partial charge >= 0.3 is 0 Å². The van der Waals surface area contributed by atoms with Crippen LogP contribution in [0.4, 0.5) is 5.69 Å². The Balaban J connectivity index is 2.01. The smallest absolute Gasteiger partial charge is 0.254 e. The Labute approximate surface area is 147 Å². The van der Waals surface area contributed by atoms with Crippen LogP contribution in [0.1, 0.15) is 10.8 Å². The number of thioether (sulfide) groups is 1. The predicted molar refractivity (Wildman–Crippen MR) is 92.7 cm³/mol. The average molecular weight is 370 g/mol. The van der Waals surface area contributed by atoms with E-state index in [9.17, 15) is 9.90 Å². The maximum atomic E-state index is 12.2. The highest BCUT2D eigenvalue weighted by Crippen LogP contribution is 2.46. The first-order valence-corrected chi connectivity index (χ1v) is 8.41. The molecule has 3 rings (SSSR count). The zero-order chi connectivity index (χ0) is 16.6. The minimum Gasteiger partial charge on any atom is -0.497 e. The molecule has 23 heavy (non-hydrogen) atoms. The molecule has 0 unspecified atom stereocenters. The van der Waals surface area contributed by atoms with Gasteiger partial charge in [0.1, 0.15) is 11.9 Å². The van der Waals surface area contributed by atoms with Gasteiger partial charge in [-0.15, -0.1) is 11.8 Å². The summed E-state index contributed by atoms with van der Waals surface area (Å²) in [4.78, 5) is 13.0. The summed E-state index contributed by atoms with van der Waals surface area (Å²) < 4.78 is 5.13. The fraction of sp³-hybridized carbons (Fsp3) is 0.188. The highest BCUT2D eigenvalue weighted by Gasteiger charge is 2.33. The van der Waals surface area contributed by atoms with Crippen LogP contribution in [-0.2, 0) is 4.79 Å². The molecule has 0 aliphatic carbocycles. The summed E-state index contributed by atoms with van der Waals surface area (Å²) in [7, 11) is 1.58. The van der Waals surface area contributed by atoms with E-state index in [0.29, 0.717) is 21.5 Å². The fourth-order valence-corrected chi connectivity index (χ4v) is 3.95. The van der Waals surface area contributed by atoms with Gasteiger partial charge in [-0.05, 0) is 29.8 Å². The van der Waals surface area contributed by atoms with Crippen LogP contribution in [0.25, 0.3) is 0 Å². The van der Waals surface area contributed by atoms with Gasteiger partial charge in [-0.3, -0.25) is 4.79 Å². The standard InChI is InChI=1S/C16H13Cl2NO3S/c1-22-9-4-2-8(3-5-9)15-14(20)16(21)19-12-6-10(17)11(18)7-13(12)23-15/h2-7,14-15,20H,1H3,(H,19,21)/t14-,15+/m0/s1. The van der Waals surface area contributed by atoms with Gasteiger partial charge in [0.15, 0.2) is 0 Å². The number of hydrogen-bond donors (Lipinski definition) is 2. The van der Waals surface area contributed by atoms with E-state index in [4.69, 9.17) is 27.9 Å². The molecule has 2 atom stereocenters. The van der Waals surface area contributed by atoms with Gasteiger partial charge in [0, 0.05) is 4.90 Å². The number of hydrogen-bond acceptors (Lipinski definition) is 4. The van der Waals surface area contributed by atoms with Crippen LogP contribution in [0.3, 0.4) is 0 Å². The Morgan fingerprint density at radius 2 is 1.83 bits per heavy atom. The van der Waals surface area contributed by atoms with Gasteiger partial charge in [-0.1, -0.05) is 35.3 Å². The Hall–Kier alpha value is -1.40. The second kappa shape index (κ2) is 6.61. The van der Waals surface area contributed by atoms with E-state index in [1.807, 2.05) is 12.1 Å². The van der Waals surface area contributed by atoms with Crippen molar-refractivity contribution in [1.29, 1.82) is 0 Å². The third-order valence-corrected chi connectivity index (χ3v) is 5.63. The SMILES string of the molecule is COc1ccc([C@H]2Sc3cc(Cl)c(Cl)cc3NC(=O)[C@H]2O)cc1. The van der Waals surface area contributed by atoms with E-state index in [-0.39, 0.29) is 0 Å². The summed E-state index contributed by atoms with van der Waals surface area (Å²) in [6.07, 6.45) is -1.20. The number of ether oxygens (including phenoxy) is 1. The lowest BCUT2D eigenvalue weighted by atomic mass is 10.1. The van der Waals surface area contributed by atoms with Crippen LogP contribution < -0.4 is 10.1 Å². The quantitative estimate of drug-likeness (QED) is 0.834. The van der Waals surface area contributed by atoms with Crippen LogP contribution in [-0.4, -0.2) is 24.2 Å². The lowest BCUT2D eigenvalue weighted by Gasteiger charge is -2.19. The average Bonchev–Trinajstić information content (AvgIpc) is 2.66. The van der Waals surface area contributed by atoms with E-state index >= 15 is 0 Å². The number of aliphatic hydroxyl groups excluding tert-OH is 1. The molecule has 0 radical (unpaired) electrons. The van der Waals surface area contributed by atoms with Crippen molar-refractivity contribution in [2.24, 2.45) is 0 Å². The number of benzene rings is 2. The van der Waals surface area contributed by atoms with Crippen molar-refractivity contribution < 1.29 is 14.6 Å². The molecule has 120 valence electrons. The van der Waals surface area contributed by atoms with E-state index in [0.717, 1.165) is 10.5 Å². The van der Waals surface area contributed by atoms with Crippen LogP contribution in [0.15, 0.2) is 41.3 Å². The predicted octanol–water partition coefficient (Wildman–Crippen LogP) is 4.15. The summed E-state index contributed by atoms with van der Waals surface area (Å²) >= 11 is 13.4. The summed E-state index contributed by atoms with van der Waals surface area (Å²) in [5.41, 5.74) is 1.36. The second-order valence-electron chi connectivity index (χ2n) is 5.01. The summed E-state index contributed by atoms with van der Waals surface area (Å²) in [6, 6.07) is 10.5. The number of amides is 1. The topological polar surface area (TPSA) is 58.6 Å². The van der Waals surface area contributed by atoms with E-state index in [1.165, 1.54) is 11.8 Å². The summed E-state index contributed by atoms with van der Waals surface area (Å²) in [6.45, 7) is 0. The molecule has 1 heterocycles. The molecule has 2 aromatic carbocycles. The number of anilines is 1. The molecular weight excluding hydrogens is 357 g/mol. The van der Waals surface area contributed by atoms with Crippen molar-refractivity contribution in [3.05, 3.63) is 52.0 Å². The third kappa shape index (κ3) is 3.28. The number of halogens is 2. The first-order valence-electron chi connectivity index (χ1n) is 6.78. The number of fused-ring (bicyclic) bond motifs is 1. The molecule has 0 saturated heterocycles. The maximum absolute atomic E-state index is 12.2. The monoisotopic (exact) mass is 369 g/mol. The normalized spacial score (nSPS) is 20.4. The van der Waals surface area contributed by atoms with Crippen LogP contribution in [0.5, 0.6) is 5.75 Å².